The first kappa shape index (κ1) is 15.0. The lowest BCUT2D eigenvalue weighted by molar-refractivity contribution is -0.116. The van der Waals surface area contributed by atoms with Gasteiger partial charge in [-0.05, 0) is 24.7 Å². The molecule has 0 bridgehead atoms. The lowest BCUT2D eigenvalue weighted by atomic mass is 10.3. The van der Waals surface area contributed by atoms with Crippen LogP contribution in [-0.4, -0.2) is 27.4 Å². The first-order chi connectivity index (χ1) is 9.58. The highest BCUT2D eigenvalue weighted by Gasteiger charge is 2.08. The number of nitrogens with zero attached hydrogens (tertiary/aromatic N) is 3. The molecule has 0 saturated heterocycles. The van der Waals surface area contributed by atoms with Crippen LogP contribution in [0.2, 0.25) is 5.02 Å². The van der Waals surface area contributed by atoms with E-state index in [1.807, 2.05) is 0 Å². The summed E-state index contributed by atoms with van der Waals surface area (Å²) in [6.45, 7) is 0.573. The average Bonchev–Trinajstić information content (AvgIpc) is 2.81. The number of rotatable bonds is 5. The van der Waals surface area contributed by atoms with E-state index in [1.165, 1.54) is 4.68 Å². The van der Waals surface area contributed by atoms with Gasteiger partial charge in [-0.15, -0.1) is 5.10 Å². The number of nitrogens with two attached hydrogens (primary N) is 1. The number of halogens is 2. The van der Waals surface area contributed by atoms with Crippen molar-refractivity contribution in [2.75, 3.05) is 11.9 Å². The Morgan fingerprint density at radius 3 is 3.00 bits per heavy atom. The Morgan fingerprint density at radius 1 is 1.50 bits per heavy atom. The van der Waals surface area contributed by atoms with Gasteiger partial charge < -0.3 is 11.1 Å². The zero-order valence-electron chi connectivity index (χ0n) is 10.5. The molecule has 8 heteroatoms. The lowest BCUT2D eigenvalue weighted by Crippen LogP contribution is -2.19. The van der Waals surface area contributed by atoms with Crippen LogP contribution < -0.4 is 11.1 Å². The Balaban J connectivity index is 1.97. The molecular formula is C12H13BrClN5O. The van der Waals surface area contributed by atoms with Gasteiger partial charge in [0, 0.05) is 17.1 Å². The van der Waals surface area contributed by atoms with E-state index in [2.05, 4.69) is 31.6 Å². The van der Waals surface area contributed by atoms with Crippen molar-refractivity contribution in [3.8, 4) is 0 Å². The van der Waals surface area contributed by atoms with Crippen molar-refractivity contribution in [1.82, 2.24) is 15.0 Å². The summed E-state index contributed by atoms with van der Waals surface area (Å²) in [5.74, 6) is -0.224. The summed E-state index contributed by atoms with van der Waals surface area (Å²) in [7, 11) is 0. The molecule has 0 aliphatic carbocycles. The molecule has 1 aromatic heterocycles. The third kappa shape index (κ3) is 4.03. The maximum absolute atomic E-state index is 11.9. The molecule has 1 aromatic carbocycles. The number of nitrogens with one attached hydrogen (secondary N) is 1. The topological polar surface area (TPSA) is 85.8 Å². The molecule has 106 valence electrons. The lowest BCUT2D eigenvalue weighted by Gasteiger charge is -2.07. The van der Waals surface area contributed by atoms with Crippen LogP contribution in [0.25, 0.3) is 0 Å². The van der Waals surface area contributed by atoms with Gasteiger partial charge in [-0.25, -0.2) is 4.68 Å². The minimum Gasteiger partial charge on any atom is -0.330 e. The van der Waals surface area contributed by atoms with Crippen LogP contribution in [0.4, 0.5) is 5.69 Å². The fourth-order valence-electron chi connectivity index (χ4n) is 1.61. The average molecular weight is 359 g/mol. The van der Waals surface area contributed by atoms with E-state index in [0.717, 1.165) is 10.2 Å². The van der Waals surface area contributed by atoms with Crippen molar-refractivity contribution in [2.24, 2.45) is 5.73 Å². The van der Waals surface area contributed by atoms with Crippen molar-refractivity contribution in [1.29, 1.82) is 0 Å². The monoisotopic (exact) mass is 357 g/mol. The van der Waals surface area contributed by atoms with Crippen LogP contribution in [0.15, 0.2) is 28.9 Å². The third-order valence-corrected chi connectivity index (χ3v) is 3.30. The number of hydrogen-bond acceptors (Lipinski definition) is 4. The molecule has 0 aliphatic heterocycles. The molecule has 0 fully saturated rings. The van der Waals surface area contributed by atoms with Crippen LogP contribution in [0.1, 0.15) is 5.69 Å². The van der Waals surface area contributed by atoms with Crippen molar-refractivity contribution in [3.63, 3.8) is 0 Å². The smallest absolute Gasteiger partial charge is 0.246 e. The quantitative estimate of drug-likeness (QED) is 0.854. The molecule has 6 nitrogen and oxygen atoms in total. The zero-order valence-corrected chi connectivity index (χ0v) is 12.9. The summed E-state index contributed by atoms with van der Waals surface area (Å²) < 4.78 is 2.32. The van der Waals surface area contributed by atoms with Gasteiger partial charge in [0.05, 0.1) is 16.4 Å². The fraction of sp³-hybridized carbons (Fsp3) is 0.250. The van der Waals surface area contributed by atoms with Gasteiger partial charge in [0.15, 0.2) is 0 Å². The minimum atomic E-state index is -0.224. The van der Waals surface area contributed by atoms with Crippen LogP contribution in [-0.2, 0) is 17.8 Å². The highest BCUT2D eigenvalue weighted by atomic mass is 79.9. The number of carbonyl (C=O) groups is 1. The number of aromatic nitrogens is 3. The molecule has 0 radical (unpaired) electrons. The summed E-state index contributed by atoms with van der Waals surface area (Å²) in [6.07, 6.45) is 2.34. The summed E-state index contributed by atoms with van der Waals surface area (Å²) in [4.78, 5) is 11.9. The Hall–Kier alpha value is -1.44. The van der Waals surface area contributed by atoms with Crippen molar-refractivity contribution in [3.05, 3.63) is 39.6 Å². The molecule has 0 aliphatic rings. The highest BCUT2D eigenvalue weighted by Crippen LogP contribution is 2.25. The van der Waals surface area contributed by atoms with E-state index in [1.54, 1.807) is 24.4 Å². The standard InChI is InChI=1S/C12H13BrClN5O/c13-8-1-2-11(10(14)5-8)16-12(20)7-19-6-9(3-4-15)17-18-19/h1-2,5-6H,3-4,7,15H2,(H,16,20). The molecule has 20 heavy (non-hydrogen) atoms. The van der Waals surface area contributed by atoms with Gasteiger partial charge >= 0.3 is 0 Å². The normalized spacial score (nSPS) is 10.6. The maximum Gasteiger partial charge on any atom is 0.246 e. The predicted octanol–water partition coefficient (Wildman–Crippen LogP) is 1.83. The number of benzene rings is 1. The van der Waals surface area contributed by atoms with E-state index in [-0.39, 0.29) is 12.5 Å². The Morgan fingerprint density at radius 2 is 2.30 bits per heavy atom. The van der Waals surface area contributed by atoms with Crippen LogP contribution in [0.3, 0.4) is 0 Å². The van der Waals surface area contributed by atoms with Gasteiger partial charge in [-0.1, -0.05) is 32.7 Å². The van der Waals surface area contributed by atoms with Gasteiger partial charge in [0.1, 0.15) is 6.54 Å². The van der Waals surface area contributed by atoms with Crippen LogP contribution >= 0.6 is 27.5 Å². The SMILES string of the molecule is NCCc1cn(CC(=O)Nc2ccc(Br)cc2Cl)nn1. The third-order valence-electron chi connectivity index (χ3n) is 2.50. The van der Waals surface area contributed by atoms with E-state index in [0.29, 0.717) is 23.7 Å². The molecule has 3 N–H and O–H groups in total. The predicted molar refractivity (Wildman–Crippen MR) is 80.6 cm³/mol. The van der Waals surface area contributed by atoms with E-state index < -0.39 is 0 Å². The van der Waals surface area contributed by atoms with Crippen molar-refractivity contribution < 1.29 is 4.79 Å². The Bertz CT molecular complexity index is 616. The van der Waals surface area contributed by atoms with Gasteiger partial charge in [0.25, 0.3) is 0 Å². The van der Waals surface area contributed by atoms with Crippen molar-refractivity contribution in [2.45, 2.75) is 13.0 Å². The highest BCUT2D eigenvalue weighted by molar-refractivity contribution is 9.10. The number of hydrogen-bond donors (Lipinski definition) is 2. The molecule has 2 aromatic rings. The zero-order chi connectivity index (χ0) is 14.5. The number of carbonyl (C=O) groups excluding carboxylic acids is 1. The summed E-state index contributed by atoms with van der Waals surface area (Å²) >= 11 is 9.33. The van der Waals surface area contributed by atoms with Crippen LogP contribution in [0.5, 0.6) is 0 Å². The molecule has 0 unspecified atom stereocenters. The second-order valence-electron chi connectivity index (χ2n) is 4.12. The van der Waals surface area contributed by atoms with E-state index >= 15 is 0 Å². The Labute approximate surface area is 129 Å². The molecular weight excluding hydrogens is 346 g/mol. The van der Waals surface area contributed by atoms with E-state index in [9.17, 15) is 4.79 Å². The summed E-state index contributed by atoms with van der Waals surface area (Å²) in [5.41, 5.74) is 6.75. The first-order valence-electron chi connectivity index (χ1n) is 5.92. The van der Waals surface area contributed by atoms with Crippen molar-refractivity contribution >= 4 is 39.1 Å². The summed E-state index contributed by atoms with van der Waals surface area (Å²) in [5, 5.41) is 11.0. The maximum atomic E-state index is 11.9. The largest absolute Gasteiger partial charge is 0.330 e. The minimum absolute atomic E-state index is 0.0734. The van der Waals surface area contributed by atoms with E-state index in [4.69, 9.17) is 17.3 Å². The van der Waals surface area contributed by atoms with Gasteiger partial charge in [-0.2, -0.15) is 0 Å². The molecule has 2 rings (SSSR count). The van der Waals surface area contributed by atoms with Gasteiger partial charge in [0.2, 0.25) is 5.91 Å². The molecule has 1 heterocycles. The first-order valence-corrected chi connectivity index (χ1v) is 7.09. The number of amides is 1. The number of anilines is 1. The Kier molecular flexibility index (Phi) is 5.11. The van der Waals surface area contributed by atoms with Gasteiger partial charge in [-0.3, -0.25) is 4.79 Å². The summed E-state index contributed by atoms with van der Waals surface area (Å²) in [6, 6.07) is 5.24. The molecule has 1 amide bonds. The molecule has 0 atom stereocenters. The second-order valence-corrected chi connectivity index (χ2v) is 5.44. The molecule has 0 spiro atoms. The van der Waals surface area contributed by atoms with Crippen LogP contribution in [0, 0.1) is 0 Å². The fourth-order valence-corrected chi connectivity index (χ4v) is 2.33. The second kappa shape index (κ2) is 6.83. The molecule has 0 saturated carbocycles.